The van der Waals surface area contributed by atoms with Crippen LogP contribution in [0.1, 0.15) is 31.9 Å². The molecule has 0 amide bonds. The fourth-order valence-electron chi connectivity index (χ4n) is 4.01. The number of allylic oxidation sites excluding steroid dienone is 1. The van der Waals surface area contributed by atoms with E-state index in [-0.39, 0.29) is 22.9 Å². The SMILES string of the molecule is CC1(C)C=C2Nc3ccccc3NC(c3cccc([N+](=O)[O-])c3)C2C(=O)C1. The van der Waals surface area contributed by atoms with Gasteiger partial charge in [-0.15, -0.1) is 0 Å². The van der Waals surface area contributed by atoms with E-state index in [1.54, 1.807) is 12.1 Å². The van der Waals surface area contributed by atoms with Crippen LogP contribution < -0.4 is 10.6 Å². The summed E-state index contributed by atoms with van der Waals surface area (Å²) in [5.74, 6) is -0.297. The number of ketones is 1. The van der Waals surface area contributed by atoms with Gasteiger partial charge >= 0.3 is 0 Å². The van der Waals surface area contributed by atoms with Crippen LogP contribution in [0.15, 0.2) is 60.3 Å². The highest BCUT2D eigenvalue weighted by molar-refractivity contribution is 5.90. The van der Waals surface area contributed by atoms with Gasteiger partial charge in [-0.3, -0.25) is 14.9 Å². The van der Waals surface area contributed by atoms with Gasteiger partial charge in [-0.2, -0.15) is 0 Å². The van der Waals surface area contributed by atoms with Gasteiger partial charge in [0.2, 0.25) is 0 Å². The second-order valence-electron chi connectivity index (χ2n) is 7.85. The Bertz CT molecular complexity index is 965. The Morgan fingerprint density at radius 3 is 2.59 bits per heavy atom. The summed E-state index contributed by atoms with van der Waals surface area (Å²) in [5.41, 5.74) is 3.13. The molecule has 2 aliphatic rings. The van der Waals surface area contributed by atoms with Crippen LogP contribution in [0.2, 0.25) is 0 Å². The van der Waals surface area contributed by atoms with Crippen molar-refractivity contribution < 1.29 is 9.72 Å². The number of nitrogens with zero attached hydrogens (tertiary/aromatic N) is 1. The lowest BCUT2D eigenvalue weighted by Gasteiger charge is -2.35. The summed E-state index contributed by atoms with van der Waals surface area (Å²) >= 11 is 0. The molecule has 1 aliphatic carbocycles. The van der Waals surface area contributed by atoms with Crippen molar-refractivity contribution in [2.45, 2.75) is 26.3 Å². The Morgan fingerprint density at radius 2 is 1.85 bits per heavy atom. The largest absolute Gasteiger partial charge is 0.375 e. The van der Waals surface area contributed by atoms with E-state index in [4.69, 9.17) is 0 Å². The van der Waals surface area contributed by atoms with Gasteiger partial charge in [-0.1, -0.05) is 44.2 Å². The summed E-state index contributed by atoms with van der Waals surface area (Å²) in [5, 5.41) is 18.1. The van der Waals surface area contributed by atoms with Gasteiger partial charge in [-0.25, -0.2) is 0 Å². The number of nitrogens with one attached hydrogen (secondary N) is 2. The van der Waals surface area contributed by atoms with Gasteiger partial charge in [0.1, 0.15) is 5.78 Å². The highest BCUT2D eigenvalue weighted by atomic mass is 16.6. The maximum Gasteiger partial charge on any atom is 0.269 e. The first-order valence-corrected chi connectivity index (χ1v) is 8.96. The molecule has 0 radical (unpaired) electrons. The Kier molecular flexibility index (Phi) is 3.98. The summed E-state index contributed by atoms with van der Waals surface area (Å²) in [7, 11) is 0. The molecule has 2 N–H and O–H groups in total. The van der Waals surface area contributed by atoms with E-state index in [9.17, 15) is 14.9 Å². The van der Waals surface area contributed by atoms with Crippen LogP contribution in [0.4, 0.5) is 17.1 Å². The standard InChI is InChI=1S/C21H21N3O3/c1-21(2)11-17-19(18(25)12-21)20(13-6-5-7-14(10-13)24(26)27)23-16-9-4-3-8-15(16)22-17/h3-11,19-20,22-23H,12H2,1-2H3. The van der Waals surface area contributed by atoms with Crippen molar-refractivity contribution in [1.82, 2.24) is 0 Å². The molecule has 138 valence electrons. The molecule has 2 unspecified atom stereocenters. The van der Waals surface area contributed by atoms with Crippen molar-refractivity contribution in [2.75, 3.05) is 10.6 Å². The van der Waals surface area contributed by atoms with Crippen LogP contribution in [0, 0.1) is 21.4 Å². The number of non-ortho nitro benzene ring substituents is 1. The van der Waals surface area contributed by atoms with Crippen molar-refractivity contribution in [3.05, 3.63) is 76.0 Å². The summed E-state index contributed by atoms with van der Waals surface area (Å²) in [6.45, 7) is 4.09. The van der Waals surface area contributed by atoms with Crippen LogP contribution in [-0.2, 0) is 4.79 Å². The minimum Gasteiger partial charge on any atom is -0.375 e. The van der Waals surface area contributed by atoms with E-state index in [1.165, 1.54) is 6.07 Å². The number of anilines is 2. The molecule has 0 saturated heterocycles. The van der Waals surface area contributed by atoms with E-state index in [1.807, 2.05) is 44.2 Å². The van der Waals surface area contributed by atoms with Crippen LogP contribution in [-0.4, -0.2) is 10.7 Å². The van der Waals surface area contributed by atoms with Crippen molar-refractivity contribution in [2.24, 2.45) is 11.3 Å². The van der Waals surface area contributed by atoms with Gasteiger partial charge < -0.3 is 10.6 Å². The number of hydrogen-bond donors (Lipinski definition) is 2. The zero-order valence-electron chi connectivity index (χ0n) is 15.2. The highest BCUT2D eigenvalue weighted by Gasteiger charge is 2.41. The van der Waals surface area contributed by atoms with Crippen LogP contribution >= 0.6 is 0 Å². The summed E-state index contributed by atoms with van der Waals surface area (Å²) in [6.07, 6.45) is 2.56. The molecule has 27 heavy (non-hydrogen) atoms. The molecule has 1 aliphatic heterocycles. The lowest BCUT2D eigenvalue weighted by Crippen LogP contribution is -2.36. The molecule has 6 nitrogen and oxygen atoms in total. The van der Waals surface area contributed by atoms with Gasteiger partial charge in [0.25, 0.3) is 5.69 Å². The zero-order valence-corrected chi connectivity index (χ0v) is 15.2. The molecule has 1 heterocycles. The normalized spacial score (nSPS) is 23.0. The Labute approximate surface area is 157 Å². The minimum absolute atomic E-state index is 0.0221. The Hall–Kier alpha value is -3.15. The van der Waals surface area contributed by atoms with Crippen LogP contribution in [0.3, 0.4) is 0 Å². The smallest absolute Gasteiger partial charge is 0.269 e. The van der Waals surface area contributed by atoms with Crippen molar-refractivity contribution in [1.29, 1.82) is 0 Å². The number of hydrogen-bond acceptors (Lipinski definition) is 5. The highest BCUT2D eigenvalue weighted by Crippen LogP contribution is 2.45. The minimum atomic E-state index is -0.424. The van der Waals surface area contributed by atoms with Crippen molar-refractivity contribution in [3.63, 3.8) is 0 Å². The molecule has 0 spiro atoms. The molecular formula is C21H21N3O3. The average molecular weight is 363 g/mol. The number of benzene rings is 2. The maximum atomic E-state index is 13.1. The number of fused-ring (bicyclic) bond motifs is 2. The van der Waals surface area contributed by atoms with Crippen molar-refractivity contribution >= 4 is 22.8 Å². The third-order valence-electron chi connectivity index (χ3n) is 5.15. The predicted molar refractivity (Wildman–Crippen MR) is 105 cm³/mol. The Morgan fingerprint density at radius 1 is 1.11 bits per heavy atom. The first kappa shape index (κ1) is 17.3. The van der Waals surface area contributed by atoms with E-state index in [0.717, 1.165) is 22.6 Å². The molecule has 2 atom stereocenters. The third-order valence-corrected chi connectivity index (χ3v) is 5.15. The topological polar surface area (TPSA) is 84.3 Å². The average Bonchev–Trinajstić information content (AvgIpc) is 2.77. The molecule has 0 bridgehead atoms. The van der Waals surface area contributed by atoms with Crippen LogP contribution in [0.5, 0.6) is 0 Å². The second kappa shape index (κ2) is 6.23. The molecule has 2 aromatic rings. The van der Waals surface area contributed by atoms with E-state index < -0.39 is 10.8 Å². The summed E-state index contributed by atoms with van der Waals surface area (Å²) in [6, 6.07) is 13.9. The second-order valence-corrected chi connectivity index (χ2v) is 7.85. The van der Waals surface area contributed by atoms with Crippen molar-refractivity contribution in [3.8, 4) is 0 Å². The lowest BCUT2D eigenvalue weighted by atomic mass is 9.72. The lowest BCUT2D eigenvalue weighted by molar-refractivity contribution is -0.384. The molecule has 0 saturated carbocycles. The van der Waals surface area contributed by atoms with E-state index >= 15 is 0 Å². The molecule has 2 aromatic carbocycles. The Balaban J connectivity index is 1.88. The monoisotopic (exact) mass is 363 g/mol. The molecule has 6 heteroatoms. The molecule has 0 aromatic heterocycles. The number of nitro benzene ring substituents is 1. The fraction of sp³-hybridized carbons (Fsp3) is 0.286. The maximum absolute atomic E-state index is 13.1. The van der Waals surface area contributed by atoms with Crippen LogP contribution in [0.25, 0.3) is 0 Å². The quantitative estimate of drug-likeness (QED) is 0.598. The summed E-state index contributed by atoms with van der Waals surface area (Å²) in [4.78, 5) is 23.9. The number of rotatable bonds is 2. The summed E-state index contributed by atoms with van der Waals surface area (Å²) < 4.78 is 0. The van der Waals surface area contributed by atoms with Gasteiger partial charge in [0, 0.05) is 24.3 Å². The number of Topliss-reactive ketones (excluding diaryl/α,β-unsaturated/α-hetero) is 1. The first-order chi connectivity index (χ1) is 12.8. The van der Waals surface area contributed by atoms with Gasteiger partial charge in [0.05, 0.1) is 28.3 Å². The predicted octanol–water partition coefficient (Wildman–Crippen LogP) is 4.67. The van der Waals surface area contributed by atoms with E-state index in [0.29, 0.717) is 6.42 Å². The number of para-hydroxylation sites is 2. The molecule has 4 rings (SSSR count). The molecular weight excluding hydrogens is 342 g/mol. The third kappa shape index (κ3) is 3.18. The first-order valence-electron chi connectivity index (χ1n) is 8.96. The number of carbonyl (C=O) groups is 1. The van der Waals surface area contributed by atoms with E-state index in [2.05, 4.69) is 16.7 Å². The number of carbonyl (C=O) groups excluding carboxylic acids is 1. The van der Waals surface area contributed by atoms with Gasteiger partial charge in [-0.05, 0) is 23.1 Å². The van der Waals surface area contributed by atoms with Gasteiger partial charge in [0.15, 0.2) is 0 Å². The molecule has 0 fully saturated rings. The fourth-order valence-corrected chi connectivity index (χ4v) is 4.01. The zero-order chi connectivity index (χ0) is 19.2. The number of nitro groups is 1.